The Morgan fingerprint density at radius 1 is 1.06 bits per heavy atom. The molecule has 0 unspecified atom stereocenters. The Morgan fingerprint density at radius 2 is 1.71 bits per heavy atom. The van der Waals surface area contributed by atoms with Crippen LogP contribution >= 0.6 is 0 Å². The van der Waals surface area contributed by atoms with Crippen molar-refractivity contribution < 1.29 is 42.9 Å². The Labute approximate surface area is 204 Å². The van der Waals surface area contributed by atoms with Crippen molar-refractivity contribution in [2.75, 3.05) is 0 Å². The van der Waals surface area contributed by atoms with Crippen LogP contribution < -0.4 is 0 Å². The van der Waals surface area contributed by atoms with Crippen molar-refractivity contribution in [2.24, 2.45) is 17.8 Å². The lowest BCUT2D eigenvalue weighted by molar-refractivity contribution is -0.188. The number of carbonyl (C=O) groups excluding carboxylic acids is 4. The van der Waals surface area contributed by atoms with E-state index in [1.54, 1.807) is 6.08 Å². The molecule has 2 aliphatic heterocycles. The van der Waals surface area contributed by atoms with Crippen molar-refractivity contribution >= 4 is 23.9 Å². The van der Waals surface area contributed by atoms with Crippen molar-refractivity contribution in [1.82, 2.24) is 0 Å². The third-order valence-electron chi connectivity index (χ3n) is 6.34. The van der Waals surface area contributed by atoms with Gasteiger partial charge in [0.2, 0.25) is 0 Å². The van der Waals surface area contributed by atoms with E-state index in [1.165, 1.54) is 33.1 Å². The molecule has 35 heavy (non-hydrogen) atoms. The summed E-state index contributed by atoms with van der Waals surface area (Å²) in [5.41, 5.74) is 2.79. The number of esters is 4. The third kappa shape index (κ3) is 5.83. The molecule has 0 radical (unpaired) electrons. The Morgan fingerprint density at radius 3 is 2.29 bits per heavy atom. The van der Waals surface area contributed by atoms with Gasteiger partial charge < -0.3 is 23.7 Å². The summed E-state index contributed by atoms with van der Waals surface area (Å²) < 4.78 is 28.1. The molecule has 3 aliphatic rings. The van der Waals surface area contributed by atoms with Gasteiger partial charge in [-0.1, -0.05) is 17.7 Å². The standard InChI is InChI=1S/C26H32O9/c1-12(2)8-21(32-15(5)27)25(33-16(6)28)20-11-31-26(34-17(7)29)23-14(4)24-18(10-19(20)23)13(3)9-22(30)35-24/h8-9,11,18-19,21,23-26H,4,10H2,1-3,5-7H3/t18-,19+,21+,23-,24-,25-,26+/m1/s1. The first-order valence-corrected chi connectivity index (χ1v) is 11.5. The second kappa shape index (κ2) is 10.5. The maximum absolute atomic E-state index is 12.1. The van der Waals surface area contributed by atoms with E-state index >= 15 is 0 Å². The number of rotatable bonds is 6. The van der Waals surface area contributed by atoms with Crippen LogP contribution in [-0.2, 0) is 42.9 Å². The molecule has 1 saturated carbocycles. The summed E-state index contributed by atoms with van der Waals surface area (Å²) in [6.07, 6.45) is 1.55. The van der Waals surface area contributed by atoms with Crippen LogP contribution in [-0.4, -0.2) is 48.5 Å². The first-order chi connectivity index (χ1) is 16.4. The Kier molecular flexibility index (Phi) is 7.87. The van der Waals surface area contributed by atoms with E-state index in [0.29, 0.717) is 17.6 Å². The molecule has 1 aliphatic carbocycles. The van der Waals surface area contributed by atoms with Crippen molar-refractivity contribution in [2.45, 2.75) is 72.6 Å². The van der Waals surface area contributed by atoms with E-state index in [-0.39, 0.29) is 11.8 Å². The lowest BCUT2D eigenvalue weighted by Gasteiger charge is -2.49. The minimum absolute atomic E-state index is 0.172. The minimum Gasteiger partial charge on any atom is -0.462 e. The van der Waals surface area contributed by atoms with Gasteiger partial charge in [0.25, 0.3) is 6.29 Å². The molecule has 0 N–H and O–H groups in total. The van der Waals surface area contributed by atoms with Crippen LogP contribution in [0.3, 0.4) is 0 Å². The van der Waals surface area contributed by atoms with E-state index in [2.05, 4.69) is 6.58 Å². The third-order valence-corrected chi connectivity index (χ3v) is 6.34. The van der Waals surface area contributed by atoms with Crippen LogP contribution in [0.2, 0.25) is 0 Å². The number of hydrogen-bond acceptors (Lipinski definition) is 9. The molecule has 0 spiro atoms. The summed E-state index contributed by atoms with van der Waals surface area (Å²) in [6, 6.07) is 0. The molecule has 0 aromatic heterocycles. The summed E-state index contributed by atoms with van der Waals surface area (Å²) in [5.74, 6) is -3.23. The quantitative estimate of drug-likeness (QED) is 0.315. The smallest absolute Gasteiger partial charge is 0.331 e. The number of fused-ring (bicyclic) bond motifs is 2. The molecular weight excluding hydrogens is 456 g/mol. The fourth-order valence-corrected chi connectivity index (χ4v) is 5.06. The highest BCUT2D eigenvalue weighted by atomic mass is 16.7. The van der Waals surface area contributed by atoms with Gasteiger partial charge in [0.05, 0.1) is 12.2 Å². The molecule has 0 bridgehead atoms. The number of allylic oxidation sites excluding steroid dienone is 1. The van der Waals surface area contributed by atoms with Crippen molar-refractivity contribution in [3.63, 3.8) is 0 Å². The summed E-state index contributed by atoms with van der Waals surface area (Å²) >= 11 is 0. The molecule has 190 valence electrons. The SMILES string of the molecule is C=C1[C@H]2[C@H](OC(C)=O)OC=C([C@@H](OC(C)=O)[C@H](C=C(C)C)OC(C)=O)[C@@H]2C[C@@H]2C(C)=CC(=O)O[C@H]12. The predicted octanol–water partition coefficient (Wildman–Crippen LogP) is 3.30. The van der Waals surface area contributed by atoms with E-state index in [1.807, 2.05) is 20.8 Å². The molecule has 0 aromatic rings. The van der Waals surface area contributed by atoms with Crippen molar-refractivity contribution in [3.05, 3.63) is 47.3 Å². The molecule has 0 amide bonds. The second-order valence-corrected chi connectivity index (χ2v) is 9.38. The topological polar surface area (TPSA) is 114 Å². The Bertz CT molecular complexity index is 1010. The average molecular weight is 489 g/mol. The first kappa shape index (κ1) is 26.2. The number of ether oxygens (including phenoxy) is 5. The van der Waals surface area contributed by atoms with Gasteiger partial charge in [-0.25, -0.2) is 4.79 Å². The van der Waals surface area contributed by atoms with Crippen LogP contribution in [0.25, 0.3) is 0 Å². The molecular formula is C26H32O9. The van der Waals surface area contributed by atoms with Gasteiger partial charge in [0.1, 0.15) is 6.10 Å². The van der Waals surface area contributed by atoms with E-state index in [4.69, 9.17) is 23.7 Å². The molecule has 2 heterocycles. The van der Waals surface area contributed by atoms with Crippen LogP contribution in [0.1, 0.15) is 48.0 Å². The van der Waals surface area contributed by atoms with E-state index in [9.17, 15) is 19.2 Å². The van der Waals surface area contributed by atoms with Gasteiger partial charge in [0.15, 0.2) is 12.2 Å². The fraction of sp³-hybridized carbons (Fsp3) is 0.538. The lowest BCUT2D eigenvalue weighted by atomic mass is 9.63. The van der Waals surface area contributed by atoms with Crippen LogP contribution in [0.15, 0.2) is 47.3 Å². The zero-order valence-corrected chi connectivity index (χ0v) is 20.9. The van der Waals surface area contributed by atoms with Gasteiger partial charge in [-0.3, -0.25) is 14.4 Å². The minimum atomic E-state index is -1.01. The lowest BCUT2D eigenvalue weighted by Crippen LogP contribution is -2.52. The number of carbonyl (C=O) groups is 4. The summed E-state index contributed by atoms with van der Waals surface area (Å²) in [4.78, 5) is 47.9. The fourth-order valence-electron chi connectivity index (χ4n) is 5.06. The maximum atomic E-state index is 12.1. The molecule has 3 rings (SSSR count). The van der Waals surface area contributed by atoms with Gasteiger partial charge in [-0.05, 0) is 38.8 Å². The molecule has 9 heteroatoms. The van der Waals surface area contributed by atoms with Gasteiger partial charge in [0, 0.05) is 44.3 Å². The Hall–Kier alpha value is -3.36. The van der Waals surface area contributed by atoms with Crippen molar-refractivity contribution in [3.8, 4) is 0 Å². The summed E-state index contributed by atoms with van der Waals surface area (Å²) in [6.45, 7) is 13.5. The zero-order chi connectivity index (χ0) is 26.0. The highest BCUT2D eigenvalue weighted by Crippen LogP contribution is 2.51. The maximum Gasteiger partial charge on any atom is 0.331 e. The number of hydrogen-bond donors (Lipinski definition) is 0. The summed E-state index contributed by atoms with van der Waals surface area (Å²) in [5, 5.41) is 0. The molecule has 9 nitrogen and oxygen atoms in total. The normalized spacial score (nSPS) is 28.9. The van der Waals surface area contributed by atoms with Crippen LogP contribution in [0.5, 0.6) is 0 Å². The molecule has 7 atom stereocenters. The van der Waals surface area contributed by atoms with Crippen molar-refractivity contribution in [1.29, 1.82) is 0 Å². The zero-order valence-electron chi connectivity index (χ0n) is 20.9. The van der Waals surface area contributed by atoms with Gasteiger partial charge >= 0.3 is 23.9 Å². The average Bonchev–Trinajstić information content (AvgIpc) is 2.71. The first-order valence-electron chi connectivity index (χ1n) is 11.5. The summed E-state index contributed by atoms with van der Waals surface area (Å²) in [7, 11) is 0. The molecule has 0 aromatic carbocycles. The highest BCUT2D eigenvalue weighted by molar-refractivity contribution is 5.84. The van der Waals surface area contributed by atoms with Gasteiger partial charge in [-0.2, -0.15) is 0 Å². The van der Waals surface area contributed by atoms with E-state index < -0.39 is 54.4 Å². The highest BCUT2D eigenvalue weighted by Gasteiger charge is 2.53. The van der Waals surface area contributed by atoms with Crippen LogP contribution in [0, 0.1) is 17.8 Å². The van der Waals surface area contributed by atoms with Gasteiger partial charge in [-0.15, -0.1) is 0 Å². The molecule has 1 fully saturated rings. The largest absolute Gasteiger partial charge is 0.462 e. The predicted molar refractivity (Wildman–Crippen MR) is 123 cm³/mol. The molecule has 0 saturated heterocycles. The monoisotopic (exact) mass is 488 g/mol. The van der Waals surface area contributed by atoms with E-state index in [0.717, 1.165) is 11.1 Å². The second-order valence-electron chi connectivity index (χ2n) is 9.38. The Balaban J connectivity index is 2.11. The van der Waals surface area contributed by atoms with Crippen LogP contribution in [0.4, 0.5) is 0 Å².